The maximum atomic E-state index is 12.5. The number of ether oxygens (including phenoxy) is 2. The third-order valence-corrected chi connectivity index (χ3v) is 4.77. The third-order valence-electron chi connectivity index (χ3n) is 4.52. The number of nitrogens with one attached hydrogen (secondary N) is 1. The molecule has 2 aromatic rings. The Morgan fingerprint density at radius 2 is 1.87 bits per heavy atom. The van der Waals surface area contributed by atoms with Crippen LogP contribution in [0.3, 0.4) is 0 Å². The van der Waals surface area contributed by atoms with Crippen LogP contribution in [0, 0.1) is 0 Å². The molecule has 2 amide bonds. The number of halogens is 1. The molecule has 9 heteroatoms. The Morgan fingerprint density at radius 1 is 1.13 bits per heavy atom. The van der Waals surface area contributed by atoms with Gasteiger partial charge in [0.25, 0.3) is 5.91 Å². The zero-order chi connectivity index (χ0) is 22.4. The van der Waals surface area contributed by atoms with Crippen molar-refractivity contribution in [3.63, 3.8) is 0 Å². The molecule has 162 valence electrons. The zero-order valence-electron chi connectivity index (χ0n) is 16.9. The number of hydrogen-bond acceptors (Lipinski definition) is 6. The summed E-state index contributed by atoms with van der Waals surface area (Å²) >= 11 is 5.84. The number of fused-ring (bicyclic) bond motifs is 1. The number of ketones is 1. The highest BCUT2D eigenvalue weighted by atomic mass is 35.5. The maximum Gasteiger partial charge on any atom is 0.306 e. The number of anilines is 2. The van der Waals surface area contributed by atoms with Crippen molar-refractivity contribution in [3.05, 3.63) is 53.1 Å². The molecule has 0 fully saturated rings. The minimum Gasteiger partial charge on any atom is -0.482 e. The van der Waals surface area contributed by atoms with Crippen molar-refractivity contribution in [2.24, 2.45) is 0 Å². The second-order valence-corrected chi connectivity index (χ2v) is 7.17. The Morgan fingerprint density at radius 3 is 2.58 bits per heavy atom. The summed E-state index contributed by atoms with van der Waals surface area (Å²) in [6.45, 7) is 1.48. The summed E-state index contributed by atoms with van der Waals surface area (Å²) in [5.74, 6) is -1.16. The van der Waals surface area contributed by atoms with E-state index in [1.54, 1.807) is 43.3 Å². The summed E-state index contributed by atoms with van der Waals surface area (Å²) in [7, 11) is 0. The van der Waals surface area contributed by atoms with Crippen LogP contribution in [0.2, 0.25) is 5.02 Å². The minimum atomic E-state index is -0.451. The highest BCUT2D eigenvalue weighted by Gasteiger charge is 2.28. The van der Waals surface area contributed by atoms with Crippen molar-refractivity contribution in [3.8, 4) is 5.75 Å². The number of Topliss-reactive ketones (excluding diaryl/α,β-unsaturated/α-hetero) is 1. The fraction of sp³-hybridized carbons (Fsp3) is 0.273. The molecule has 0 aliphatic carbocycles. The van der Waals surface area contributed by atoms with Crippen LogP contribution in [0.15, 0.2) is 42.5 Å². The lowest BCUT2D eigenvalue weighted by atomic mass is 10.0. The van der Waals surface area contributed by atoms with Gasteiger partial charge in [-0.05, 0) is 49.4 Å². The van der Waals surface area contributed by atoms with E-state index in [2.05, 4.69) is 5.32 Å². The van der Waals surface area contributed by atoms with Crippen LogP contribution in [0.25, 0.3) is 0 Å². The number of carbonyl (C=O) groups excluding carboxylic acids is 4. The van der Waals surface area contributed by atoms with Gasteiger partial charge >= 0.3 is 5.97 Å². The SMILES string of the molecule is CCOC(=O)CCC(=O)c1ccc2c(c1)N(CC(=O)Nc1ccc(Cl)cc1)C(=O)CO2. The molecule has 31 heavy (non-hydrogen) atoms. The van der Waals surface area contributed by atoms with E-state index in [0.29, 0.717) is 27.7 Å². The lowest BCUT2D eigenvalue weighted by molar-refractivity contribution is -0.143. The molecule has 2 aromatic carbocycles. The lowest BCUT2D eigenvalue weighted by Gasteiger charge is -2.29. The molecule has 8 nitrogen and oxygen atoms in total. The average Bonchev–Trinajstić information content (AvgIpc) is 2.75. The number of amides is 2. The number of carbonyl (C=O) groups is 4. The summed E-state index contributed by atoms with van der Waals surface area (Å²) in [4.78, 5) is 50.1. The second-order valence-electron chi connectivity index (χ2n) is 6.73. The summed E-state index contributed by atoms with van der Waals surface area (Å²) in [5, 5.41) is 3.24. The maximum absolute atomic E-state index is 12.5. The van der Waals surface area contributed by atoms with Gasteiger partial charge in [-0.3, -0.25) is 24.1 Å². The molecule has 0 radical (unpaired) electrons. The summed E-state index contributed by atoms with van der Waals surface area (Å²) in [6.07, 6.45) is -0.0596. The van der Waals surface area contributed by atoms with E-state index in [0.717, 1.165) is 0 Å². The van der Waals surface area contributed by atoms with Crippen LogP contribution in [-0.2, 0) is 19.1 Å². The number of hydrogen-bond donors (Lipinski definition) is 1. The van der Waals surface area contributed by atoms with Crippen LogP contribution in [-0.4, -0.2) is 43.3 Å². The largest absolute Gasteiger partial charge is 0.482 e. The van der Waals surface area contributed by atoms with Crippen LogP contribution in [0.4, 0.5) is 11.4 Å². The molecule has 1 N–H and O–H groups in total. The van der Waals surface area contributed by atoms with Crippen LogP contribution in [0.1, 0.15) is 30.1 Å². The number of esters is 1. The predicted molar refractivity (Wildman–Crippen MR) is 115 cm³/mol. The number of rotatable bonds is 8. The Hall–Kier alpha value is -3.39. The Bertz CT molecular complexity index is 1010. The van der Waals surface area contributed by atoms with E-state index in [-0.39, 0.29) is 38.4 Å². The normalized spacial score (nSPS) is 12.6. The van der Waals surface area contributed by atoms with E-state index in [1.807, 2.05) is 0 Å². The van der Waals surface area contributed by atoms with Crippen molar-refractivity contribution in [2.45, 2.75) is 19.8 Å². The first-order valence-electron chi connectivity index (χ1n) is 9.69. The van der Waals surface area contributed by atoms with Gasteiger partial charge in [-0.2, -0.15) is 0 Å². The predicted octanol–water partition coefficient (Wildman–Crippen LogP) is 3.23. The molecule has 0 atom stereocenters. The Balaban J connectivity index is 1.73. The molecule has 1 aliphatic rings. The Kier molecular flexibility index (Phi) is 7.25. The fourth-order valence-corrected chi connectivity index (χ4v) is 3.15. The molecule has 1 heterocycles. The monoisotopic (exact) mass is 444 g/mol. The van der Waals surface area contributed by atoms with Crippen LogP contribution >= 0.6 is 11.6 Å². The quantitative estimate of drug-likeness (QED) is 0.495. The number of benzene rings is 2. The van der Waals surface area contributed by atoms with Crippen LogP contribution in [0.5, 0.6) is 5.75 Å². The van der Waals surface area contributed by atoms with E-state index < -0.39 is 17.8 Å². The molecule has 0 aromatic heterocycles. The molecule has 0 spiro atoms. The lowest BCUT2D eigenvalue weighted by Crippen LogP contribution is -2.43. The molecular weight excluding hydrogens is 424 g/mol. The molecular formula is C22H21ClN2O6. The van der Waals surface area contributed by atoms with E-state index >= 15 is 0 Å². The van der Waals surface area contributed by atoms with Crippen molar-refractivity contribution in [1.82, 2.24) is 0 Å². The molecule has 0 bridgehead atoms. The minimum absolute atomic E-state index is 0.0243. The van der Waals surface area contributed by atoms with Crippen molar-refractivity contribution < 1.29 is 28.7 Å². The first-order chi connectivity index (χ1) is 14.9. The molecule has 1 aliphatic heterocycles. The van der Waals surface area contributed by atoms with Gasteiger partial charge in [-0.1, -0.05) is 11.6 Å². The van der Waals surface area contributed by atoms with Gasteiger partial charge in [-0.15, -0.1) is 0 Å². The summed E-state index contributed by atoms with van der Waals surface area (Å²) in [5.41, 5.74) is 1.17. The van der Waals surface area contributed by atoms with Crippen molar-refractivity contribution in [1.29, 1.82) is 0 Å². The highest BCUT2D eigenvalue weighted by molar-refractivity contribution is 6.30. The van der Waals surface area contributed by atoms with Crippen molar-refractivity contribution in [2.75, 3.05) is 30.0 Å². The summed E-state index contributed by atoms with van der Waals surface area (Å²) in [6, 6.07) is 11.2. The molecule has 3 rings (SSSR count). The molecule has 0 saturated carbocycles. The molecule has 0 saturated heterocycles. The van der Waals surface area contributed by atoms with Gasteiger partial charge in [0.2, 0.25) is 5.91 Å². The van der Waals surface area contributed by atoms with Crippen LogP contribution < -0.4 is 15.0 Å². The van der Waals surface area contributed by atoms with E-state index in [4.69, 9.17) is 21.1 Å². The smallest absolute Gasteiger partial charge is 0.306 e. The van der Waals surface area contributed by atoms with Gasteiger partial charge in [-0.25, -0.2) is 0 Å². The van der Waals surface area contributed by atoms with Crippen molar-refractivity contribution >= 4 is 46.5 Å². The average molecular weight is 445 g/mol. The molecule has 0 unspecified atom stereocenters. The number of nitrogens with zero attached hydrogens (tertiary/aromatic N) is 1. The topological polar surface area (TPSA) is 102 Å². The third kappa shape index (κ3) is 5.82. The fourth-order valence-electron chi connectivity index (χ4n) is 3.02. The van der Waals surface area contributed by atoms with Gasteiger partial charge in [0.15, 0.2) is 12.4 Å². The summed E-state index contributed by atoms with van der Waals surface area (Å²) < 4.78 is 10.3. The second kappa shape index (κ2) is 10.1. The Labute approximate surface area is 184 Å². The van der Waals surface area contributed by atoms with E-state index in [1.165, 1.54) is 11.0 Å². The van der Waals surface area contributed by atoms with E-state index in [9.17, 15) is 19.2 Å². The van der Waals surface area contributed by atoms with Gasteiger partial charge in [0.05, 0.1) is 18.7 Å². The van der Waals surface area contributed by atoms with Gasteiger partial charge in [0.1, 0.15) is 12.3 Å². The first kappa shape index (κ1) is 22.3. The highest BCUT2D eigenvalue weighted by Crippen LogP contribution is 2.33. The first-order valence-corrected chi connectivity index (χ1v) is 10.1. The zero-order valence-corrected chi connectivity index (χ0v) is 17.6. The van der Waals surface area contributed by atoms with Gasteiger partial charge in [0, 0.05) is 22.7 Å². The van der Waals surface area contributed by atoms with Gasteiger partial charge < -0.3 is 14.8 Å². The standard InChI is InChI=1S/C22H21ClN2O6/c1-2-30-22(29)10-8-18(26)14-3-9-19-17(11-14)25(21(28)13-31-19)12-20(27)24-16-6-4-15(23)5-7-16/h3-7,9,11H,2,8,10,12-13H2,1H3,(H,24,27).